The van der Waals surface area contributed by atoms with Crippen LogP contribution in [0.4, 0.5) is 4.79 Å². The highest BCUT2D eigenvalue weighted by atomic mass is 16.6. The number of amides is 1. The molecule has 8 nitrogen and oxygen atoms in total. The third-order valence-corrected chi connectivity index (χ3v) is 6.31. The predicted molar refractivity (Wildman–Crippen MR) is 126 cm³/mol. The van der Waals surface area contributed by atoms with Gasteiger partial charge in [-0.1, -0.05) is 18.6 Å². The highest BCUT2D eigenvalue weighted by Crippen LogP contribution is 2.16. The maximum atomic E-state index is 12.4. The highest BCUT2D eigenvalue weighted by molar-refractivity contribution is 5.68. The van der Waals surface area contributed by atoms with Crippen molar-refractivity contribution in [1.29, 1.82) is 0 Å². The van der Waals surface area contributed by atoms with Crippen LogP contribution in [0, 0.1) is 0 Å². The first-order valence-corrected chi connectivity index (χ1v) is 12.1. The van der Waals surface area contributed by atoms with E-state index < -0.39 is 5.85 Å². The molecule has 1 aromatic rings. The second-order valence-corrected chi connectivity index (χ2v) is 9.09. The number of nitrogens with two attached hydrogens (primary N) is 1. The maximum absolute atomic E-state index is 12.4. The first-order valence-electron chi connectivity index (χ1n) is 12.1. The molecule has 2 aliphatic heterocycles. The molecule has 1 aromatic carbocycles. The lowest BCUT2D eigenvalue weighted by Crippen LogP contribution is -2.54. The normalized spacial score (nSPS) is 20.4. The van der Waals surface area contributed by atoms with E-state index in [9.17, 15) is 4.79 Å². The van der Waals surface area contributed by atoms with E-state index in [2.05, 4.69) is 39.4 Å². The molecule has 3 N–H and O–H groups in total. The van der Waals surface area contributed by atoms with E-state index in [4.69, 9.17) is 15.2 Å². The molecule has 0 radical (unpaired) electrons. The number of nitrogens with zero attached hydrogens (tertiary/aromatic N) is 3. The zero-order chi connectivity index (χ0) is 22.8. The topological polar surface area (TPSA) is 83.3 Å². The summed E-state index contributed by atoms with van der Waals surface area (Å²) in [6, 6.07) is 8.42. The van der Waals surface area contributed by atoms with Gasteiger partial charge in [-0.2, -0.15) is 0 Å². The molecule has 2 fully saturated rings. The van der Waals surface area contributed by atoms with Crippen molar-refractivity contribution in [2.45, 2.75) is 51.4 Å². The van der Waals surface area contributed by atoms with Crippen LogP contribution in [0.15, 0.2) is 24.3 Å². The van der Waals surface area contributed by atoms with Gasteiger partial charge in [-0.3, -0.25) is 16.0 Å². The van der Waals surface area contributed by atoms with Crippen molar-refractivity contribution < 1.29 is 14.3 Å². The Bertz CT molecular complexity index is 691. The van der Waals surface area contributed by atoms with Gasteiger partial charge >= 0.3 is 6.09 Å². The molecule has 1 unspecified atom stereocenters. The Morgan fingerprint density at radius 2 is 1.72 bits per heavy atom. The Morgan fingerprint density at radius 3 is 2.44 bits per heavy atom. The zero-order valence-corrected chi connectivity index (χ0v) is 19.9. The molecular weight excluding hydrogens is 406 g/mol. The summed E-state index contributed by atoms with van der Waals surface area (Å²) in [6.07, 6.45) is 5.68. The minimum absolute atomic E-state index is 0.368. The Hall–Kier alpha value is -1.87. The third kappa shape index (κ3) is 8.24. The van der Waals surface area contributed by atoms with Crippen LogP contribution in [-0.2, 0) is 11.3 Å². The fraction of sp³-hybridized carbons (Fsp3) is 0.708. The maximum Gasteiger partial charge on any atom is 0.412 e. The molecule has 0 aliphatic carbocycles. The number of hydrogen-bond donors (Lipinski definition) is 2. The van der Waals surface area contributed by atoms with E-state index in [0.29, 0.717) is 13.1 Å². The lowest BCUT2D eigenvalue weighted by Gasteiger charge is -2.28. The van der Waals surface area contributed by atoms with Crippen LogP contribution in [0.25, 0.3) is 0 Å². The number of likely N-dealkylation sites (tertiary alicyclic amines) is 1. The van der Waals surface area contributed by atoms with Crippen molar-refractivity contribution in [2.75, 3.05) is 59.5 Å². The van der Waals surface area contributed by atoms with Gasteiger partial charge in [0.25, 0.3) is 0 Å². The quantitative estimate of drug-likeness (QED) is 0.444. The number of carbonyl (C=O) groups is 1. The molecule has 180 valence electrons. The fourth-order valence-corrected chi connectivity index (χ4v) is 4.22. The van der Waals surface area contributed by atoms with Gasteiger partial charge in [-0.05, 0) is 63.5 Å². The molecule has 1 amide bonds. The summed E-state index contributed by atoms with van der Waals surface area (Å²) in [5.74, 6) is -0.216. The second kappa shape index (κ2) is 12.4. The van der Waals surface area contributed by atoms with Gasteiger partial charge < -0.3 is 19.3 Å². The largest absolute Gasteiger partial charge is 0.494 e. The van der Waals surface area contributed by atoms with Gasteiger partial charge in [0.1, 0.15) is 5.75 Å². The summed E-state index contributed by atoms with van der Waals surface area (Å²) < 4.78 is 11.3. The van der Waals surface area contributed by atoms with Crippen LogP contribution in [0.5, 0.6) is 5.75 Å². The van der Waals surface area contributed by atoms with Crippen molar-refractivity contribution >= 4 is 6.09 Å². The summed E-state index contributed by atoms with van der Waals surface area (Å²) >= 11 is 0. The smallest absolute Gasteiger partial charge is 0.412 e. The van der Waals surface area contributed by atoms with Gasteiger partial charge in [0, 0.05) is 46.2 Å². The Labute approximate surface area is 193 Å². The van der Waals surface area contributed by atoms with Gasteiger partial charge in [0.05, 0.1) is 6.61 Å². The van der Waals surface area contributed by atoms with Crippen LogP contribution in [0.2, 0.25) is 0 Å². The Kier molecular flexibility index (Phi) is 9.59. The standard InChI is InChI=1S/C24H41N5O3/c1-24(25,26-2)32-23(30)29-16-6-14-28(17-18-29)20-21-8-10-22(11-9-21)31-19-7-15-27-12-4-3-5-13-27/h8-11,26H,3-7,12-20,25H2,1-2H3. The van der Waals surface area contributed by atoms with Crippen LogP contribution in [0.3, 0.4) is 0 Å². The average Bonchev–Trinajstić information content (AvgIpc) is 3.04. The van der Waals surface area contributed by atoms with Crippen LogP contribution < -0.4 is 15.8 Å². The molecule has 0 spiro atoms. The second-order valence-electron chi connectivity index (χ2n) is 9.09. The summed E-state index contributed by atoms with van der Waals surface area (Å²) in [4.78, 5) is 19.0. The Morgan fingerprint density at radius 1 is 1.00 bits per heavy atom. The van der Waals surface area contributed by atoms with Crippen LogP contribution in [0.1, 0.15) is 44.6 Å². The minimum Gasteiger partial charge on any atom is -0.494 e. The first kappa shape index (κ1) is 24.8. The zero-order valence-electron chi connectivity index (χ0n) is 19.9. The van der Waals surface area contributed by atoms with E-state index in [1.807, 2.05) is 0 Å². The van der Waals surface area contributed by atoms with Crippen molar-refractivity contribution in [3.63, 3.8) is 0 Å². The van der Waals surface area contributed by atoms with E-state index in [1.165, 1.54) is 37.9 Å². The van der Waals surface area contributed by atoms with Crippen LogP contribution >= 0.6 is 0 Å². The molecule has 0 saturated carbocycles. The van der Waals surface area contributed by atoms with Gasteiger partial charge in [0.2, 0.25) is 5.85 Å². The van der Waals surface area contributed by atoms with E-state index in [0.717, 1.165) is 51.4 Å². The van der Waals surface area contributed by atoms with Crippen molar-refractivity contribution in [2.24, 2.45) is 5.73 Å². The molecule has 3 rings (SSSR count). The first-order chi connectivity index (χ1) is 15.4. The van der Waals surface area contributed by atoms with E-state index in [1.54, 1.807) is 18.9 Å². The molecule has 0 aromatic heterocycles. The number of ether oxygens (including phenoxy) is 2. The summed E-state index contributed by atoms with van der Waals surface area (Å²) in [5, 5.41) is 2.79. The molecule has 2 aliphatic rings. The molecule has 32 heavy (non-hydrogen) atoms. The van der Waals surface area contributed by atoms with Crippen molar-refractivity contribution in [1.82, 2.24) is 20.0 Å². The van der Waals surface area contributed by atoms with Crippen LogP contribution in [-0.4, -0.2) is 86.1 Å². The van der Waals surface area contributed by atoms with Crippen molar-refractivity contribution in [3.8, 4) is 5.75 Å². The van der Waals surface area contributed by atoms with Crippen molar-refractivity contribution in [3.05, 3.63) is 29.8 Å². The van der Waals surface area contributed by atoms with E-state index >= 15 is 0 Å². The lowest BCUT2D eigenvalue weighted by atomic mass is 10.1. The number of piperidine rings is 1. The number of benzene rings is 1. The average molecular weight is 448 g/mol. The van der Waals surface area contributed by atoms with Gasteiger partial charge in [0.15, 0.2) is 0 Å². The molecular formula is C24H41N5O3. The number of carbonyl (C=O) groups excluding carboxylic acids is 1. The predicted octanol–water partition coefficient (Wildman–Crippen LogP) is 2.44. The third-order valence-electron chi connectivity index (χ3n) is 6.31. The number of nitrogens with one attached hydrogen (secondary N) is 1. The van der Waals surface area contributed by atoms with E-state index in [-0.39, 0.29) is 6.09 Å². The molecule has 8 heteroatoms. The highest BCUT2D eigenvalue weighted by Gasteiger charge is 2.26. The summed E-state index contributed by atoms with van der Waals surface area (Å²) in [5.41, 5.74) is 7.13. The molecule has 1 atom stereocenters. The molecule has 2 heterocycles. The molecule has 0 bridgehead atoms. The lowest BCUT2D eigenvalue weighted by molar-refractivity contribution is -0.0110. The number of hydrogen-bond acceptors (Lipinski definition) is 7. The van der Waals surface area contributed by atoms with Gasteiger partial charge in [-0.15, -0.1) is 0 Å². The van der Waals surface area contributed by atoms with Gasteiger partial charge in [-0.25, -0.2) is 4.79 Å². The SMILES string of the molecule is CNC(C)(N)OC(=O)N1CCCN(Cc2ccc(OCCCN3CCCCC3)cc2)CC1. The Balaban J connectivity index is 1.37. The fourth-order valence-electron chi connectivity index (χ4n) is 4.22. The summed E-state index contributed by atoms with van der Waals surface area (Å²) in [6.45, 7) is 9.96. The monoisotopic (exact) mass is 447 g/mol. The summed E-state index contributed by atoms with van der Waals surface area (Å²) in [7, 11) is 1.67. The molecule has 2 saturated heterocycles. The minimum atomic E-state index is -1.15. The number of rotatable bonds is 9.